The molecular weight excluding hydrogens is 307 g/mol. The van der Waals surface area contributed by atoms with E-state index in [0.717, 1.165) is 0 Å². The lowest BCUT2D eigenvalue weighted by Crippen LogP contribution is -2.46. The Balaban J connectivity index is 1.89. The first kappa shape index (κ1) is 15.1. The fraction of sp³-hybridized carbons (Fsp3) is 0.333. The van der Waals surface area contributed by atoms with Crippen LogP contribution in [-0.2, 0) is 14.3 Å². The molecule has 6 nitrogen and oxygen atoms in total. The first-order chi connectivity index (χ1) is 9.54. The number of carbonyl (C=O) groups excluding carboxylic acids is 2. The average molecular weight is 319 g/mol. The van der Waals surface area contributed by atoms with Crippen molar-refractivity contribution in [2.24, 2.45) is 0 Å². The first-order valence-corrected chi connectivity index (χ1v) is 6.57. The summed E-state index contributed by atoms with van der Waals surface area (Å²) in [5.74, 6) is -0.560. The summed E-state index contributed by atoms with van der Waals surface area (Å²) >= 11 is 11.6. The van der Waals surface area contributed by atoms with Gasteiger partial charge >= 0.3 is 6.03 Å². The maximum Gasteiger partial charge on any atom is 0.325 e. The Bertz CT molecular complexity index is 498. The summed E-state index contributed by atoms with van der Waals surface area (Å²) in [5.41, 5.74) is 0.383. The molecule has 0 radical (unpaired) electrons. The molecule has 0 aromatic heterocycles. The van der Waals surface area contributed by atoms with Gasteiger partial charge in [-0.2, -0.15) is 0 Å². The van der Waals surface area contributed by atoms with Crippen molar-refractivity contribution in [1.29, 1.82) is 0 Å². The van der Waals surface area contributed by atoms with Gasteiger partial charge in [-0.3, -0.25) is 10.1 Å². The molecule has 1 aromatic rings. The maximum atomic E-state index is 11.7. The number of hydrogen-bond donors (Lipinski definition) is 2. The van der Waals surface area contributed by atoms with E-state index in [-0.39, 0.29) is 6.61 Å². The van der Waals surface area contributed by atoms with E-state index in [9.17, 15) is 9.59 Å². The van der Waals surface area contributed by atoms with Crippen LogP contribution in [0.15, 0.2) is 18.2 Å². The standard InChI is InChI=1S/C12H12Cl2N2O4/c13-7-3-8(14)5-9(4-7)15-12(18)16-11(17)10-6-19-1-2-20-10/h3-5,10H,1-2,6H2,(H2,15,16,17,18). The van der Waals surface area contributed by atoms with Crippen LogP contribution in [0.1, 0.15) is 0 Å². The molecule has 2 rings (SSSR count). The van der Waals surface area contributed by atoms with Crippen molar-refractivity contribution < 1.29 is 19.1 Å². The molecule has 108 valence electrons. The molecule has 2 N–H and O–H groups in total. The number of benzene rings is 1. The second-order valence-electron chi connectivity index (χ2n) is 4.04. The van der Waals surface area contributed by atoms with Gasteiger partial charge in [-0.1, -0.05) is 23.2 Å². The SMILES string of the molecule is O=C(NC(=O)C1COCCO1)Nc1cc(Cl)cc(Cl)c1. The second-order valence-corrected chi connectivity index (χ2v) is 4.91. The number of hydrogen-bond acceptors (Lipinski definition) is 4. The molecule has 1 heterocycles. The largest absolute Gasteiger partial charge is 0.376 e. The molecule has 1 unspecified atom stereocenters. The zero-order valence-corrected chi connectivity index (χ0v) is 11.8. The van der Waals surface area contributed by atoms with Crippen molar-refractivity contribution in [2.75, 3.05) is 25.1 Å². The van der Waals surface area contributed by atoms with E-state index in [0.29, 0.717) is 28.9 Å². The third-order valence-electron chi connectivity index (χ3n) is 2.47. The fourth-order valence-corrected chi connectivity index (χ4v) is 2.15. The number of carbonyl (C=O) groups is 2. The van der Waals surface area contributed by atoms with Gasteiger partial charge in [0.1, 0.15) is 0 Å². The molecule has 0 spiro atoms. The van der Waals surface area contributed by atoms with Crippen molar-refractivity contribution >= 4 is 40.8 Å². The molecule has 1 aromatic carbocycles. The molecule has 0 bridgehead atoms. The van der Waals surface area contributed by atoms with Crippen LogP contribution in [0.2, 0.25) is 10.0 Å². The minimum Gasteiger partial charge on any atom is -0.376 e. The van der Waals surface area contributed by atoms with Crippen LogP contribution in [0.3, 0.4) is 0 Å². The Kier molecular flexibility index (Phi) is 5.19. The quantitative estimate of drug-likeness (QED) is 0.875. The molecule has 0 aliphatic carbocycles. The van der Waals surface area contributed by atoms with Crippen molar-refractivity contribution in [3.05, 3.63) is 28.2 Å². The molecule has 0 saturated carbocycles. The predicted octanol–water partition coefficient (Wildman–Crippen LogP) is 2.06. The first-order valence-electron chi connectivity index (χ1n) is 5.82. The number of anilines is 1. The summed E-state index contributed by atoms with van der Waals surface area (Å²) in [6.07, 6.45) is -0.780. The van der Waals surface area contributed by atoms with Crippen LogP contribution in [0.4, 0.5) is 10.5 Å². The number of imide groups is 1. The Hall–Kier alpha value is -1.34. The van der Waals surface area contributed by atoms with Gasteiger partial charge in [-0.05, 0) is 18.2 Å². The van der Waals surface area contributed by atoms with E-state index in [1.807, 2.05) is 0 Å². The zero-order valence-electron chi connectivity index (χ0n) is 10.3. The van der Waals surface area contributed by atoms with E-state index in [1.165, 1.54) is 18.2 Å². The molecule has 1 aliphatic rings. The normalized spacial score (nSPS) is 18.4. The third kappa shape index (κ3) is 4.35. The molecule has 1 saturated heterocycles. The summed E-state index contributed by atoms with van der Waals surface area (Å²) in [7, 11) is 0. The van der Waals surface area contributed by atoms with Crippen molar-refractivity contribution in [2.45, 2.75) is 6.10 Å². The Labute approximate surface area is 125 Å². The molecule has 1 atom stereocenters. The van der Waals surface area contributed by atoms with Crippen LogP contribution in [-0.4, -0.2) is 37.9 Å². The summed E-state index contributed by atoms with van der Waals surface area (Å²) in [5, 5.41) is 5.37. The predicted molar refractivity (Wildman–Crippen MR) is 74.2 cm³/mol. The number of nitrogens with one attached hydrogen (secondary N) is 2. The van der Waals surface area contributed by atoms with E-state index in [1.54, 1.807) is 0 Å². The van der Waals surface area contributed by atoms with Gasteiger partial charge in [0.05, 0.1) is 19.8 Å². The van der Waals surface area contributed by atoms with Crippen molar-refractivity contribution in [3.63, 3.8) is 0 Å². The van der Waals surface area contributed by atoms with Gasteiger partial charge in [0, 0.05) is 15.7 Å². The van der Waals surface area contributed by atoms with E-state index in [4.69, 9.17) is 32.7 Å². The number of amides is 3. The van der Waals surface area contributed by atoms with Gasteiger partial charge in [-0.15, -0.1) is 0 Å². The summed E-state index contributed by atoms with van der Waals surface area (Å²) < 4.78 is 10.3. The van der Waals surface area contributed by atoms with E-state index in [2.05, 4.69) is 10.6 Å². The number of ether oxygens (including phenoxy) is 2. The molecule has 1 aliphatic heterocycles. The minimum absolute atomic E-state index is 0.127. The minimum atomic E-state index is -0.780. The fourth-order valence-electron chi connectivity index (χ4n) is 1.62. The maximum absolute atomic E-state index is 11.7. The third-order valence-corrected chi connectivity index (χ3v) is 2.90. The topological polar surface area (TPSA) is 76.7 Å². The van der Waals surface area contributed by atoms with E-state index >= 15 is 0 Å². The highest BCUT2D eigenvalue weighted by Gasteiger charge is 2.24. The van der Waals surface area contributed by atoms with Gasteiger partial charge in [0.25, 0.3) is 5.91 Å². The van der Waals surface area contributed by atoms with Crippen LogP contribution in [0, 0.1) is 0 Å². The second kappa shape index (κ2) is 6.90. The zero-order chi connectivity index (χ0) is 14.5. The highest BCUT2D eigenvalue weighted by atomic mass is 35.5. The molecule has 3 amide bonds. The Morgan fingerprint density at radius 1 is 1.15 bits per heavy atom. The summed E-state index contributed by atoms with van der Waals surface area (Å²) in [4.78, 5) is 23.4. The highest BCUT2D eigenvalue weighted by molar-refractivity contribution is 6.35. The molecule has 8 heteroatoms. The van der Waals surface area contributed by atoms with Crippen LogP contribution in [0.25, 0.3) is 0 Å². The lowest BCUT2D eigenvalue weighted by Gasteiger charge is -2.21. The summed E-state index contributed by atoms with van der Waals surface area (Å²) in [6, 6.07) is 3.86. The molecule has 20 heavy (non-hydrogen) atoms. The lowest BCUT2D eigenvalue weighted by molar-refractivity contribution is -0.146. The Morgan fingerprint density at radius 3 is 2.45 bits per heavy atom. The van der Waals surface area contributed by atoms with Crippen LogP contribution in [0.5, 0.6) is 0 Å². The van der Waals surface area contributed by atoms with E-state index < -0.39 is 18.0 Å². The smallest absolute Gasteiger partial charge is 0.325 e. The molecule has 1 fully saturated rings. The molecular formula is C12H12Cl2N2O4. The Morgan fingerprint density at radius 2 is 1.85 bits per heavy atom. The lowest BCUT2D eigenvalue weighted by atomic mass is 10.3. The van der Waals surface area contributed by atoms with Crippen LogP contribution < -0.4 is 10.6 Å². The van der Waals surface area contributed by atoms with Gasteiger partial charge in [0.15, 0.2) is 6.10 Å². The number of halogens is 2. The van der Waals surface area contributed by atoms with Gasteiger partial charge in [-0.25, -0.2) is 4.79 Å². The number of urea groups is 1. The number of rotatable bonds is 2. The van der Waals surface area contributed by atoms with Crippen LogP contribution >= 0.6 is 23.2 Å². The highest BCUT2D eigenvalue weighted by Crippen LogP contribution is 2.22. The van der Waals surface area contributed by atoms with Crippen molar-refractivity contribution in [1.82, 2.24) is 5.32 Å². The van der Waals surface area contributed by atoms with Gasteiger partial charge < -0.3 is 14.8 Å². The average Bonchev–Trinajstić information content (AvgIpc) is 2.38. The van der Waals surface area contributed by atoms with Gasteiger partial charge in [0.2, 0.25) is 0 Å². The van der Waals surface area contributed by atoms with Crippen molar-refractivity contribution in [3.8, 4) is 0 Å². The monoisotopic (exact) mass is 318 g/mol. The summed E-state index contributed by atoms with van der Waals surface area (Å²) in [6.45, 7) is 0.892.